The van der Waals surface area contributed by atoms with Gasteiger partial charge in [-0.2, -0.15) is 0 Å². The van der Waals surface area contributed by atoms with Crippen molar-refractivity contribution in [3.05, 3.63) is 47.7 Å². The van der Waals surface area contributed by atoms with Gasteiger partial charge < -0.3 is 4.74 Å². The van der Waals surface area contributed by atoms with Crippen LogP contribution in [0.25, 0.3) is 0 Å². The number of ether oxygens (including phenoxy) is 1. The van der Waals surface area contributed by atoms with Crippen LogP contribution in [-0.4, -0.2) is 12.4 Å². The zero-order valence-corrected chi connectivity index (χ0v) is 8.94. The summed E-state index contributed by atoms with van der Waals surface area (Å²) in [6, 6.07) is 10.0. The largest absolute Gasteiger partial charge is 0.443 e. The van der Waals surface area contributed by atoms with Gasteiger partial charge in [-0.05, 0) is 24.6 Å². The van der Waals surface area contributed by atoms with Gasteiger partial charge in [0.2, 0.25) is 5.90 Å². The van der Waals surface area contributed by atoms with Crippen molar-refractivity contribution in [2.24, 2.45) is 4.99 Å². The molecule has 0 amide bonds. The summed E-state index contributed by atoms with van der Waals surface area (Å²) in [5, 5.41) is 0. The minimum Gasteiger partial charge on any atom is -0.443 e. The molecule has 0 fully saturated rings. The maximum Gasteiger partial charge on any atom is 0.221 e. The predicted octanol–water partition coefficient (Wildman–Crippen LogP) is 3.15. The molecule has 0 aromatic heterocycles. The summed E-state index contributed by atoms with van der Waals surface area (Å²) in [4.78, 5) is 4.35. The Morgan fingerprint density at radius 3 is 2.80 bits per heavy atom. The normalized spacial score (nSPS) is 15.3. The minimum absolute atomic E-state index is 0.736. The number of rotatable bonds is 3. The Hall–Kier alpha value is -1.57. The lowest BCUT2D eigenvalue weighted by Gasteiger charge is -2.15. The van der Waals surface area contributed by atoms with E-state index in [0.717, 1.165) is 36.6 Å². The van der Waals surface area contributed by atoms with Crippen LogP contribution in [0.2, 0.25) is 0 Å². The van der Waals surface area contributed by atoms with Gasteiger partial charge in [0, 0.05) is 12.0 Å². The molecule has 0 spiro atoms. The second-order valence-corrected chi connectivity index (χ2v) is 3.53. The van der Waals surface area contributed by atoms with Crippen LogP contribution < -0.4 is 0 Å². The molecule has 2 heteroatoms. The fourth-order valence-corrected chi connectivity index (χ4v) is 1.56. The van der Waals surface area contributed by atoms with Gasteiger partial charge in [-0.1, -0.05) is 25.1 Å². The highest BCUT2D eigenvalue weighted by Gasteiger charge is 2.10. The molecule has 0 N–H and O–H groups in total. The number of hydrogen-bond acceptors (Lipinski definition) is 2. The molecule has 0 radical (unpaired) electrons. The molecule has 15 heavy (non-hydrogen) atoms. The van der Waals surface area contributed by atoms with Crippen molar-refractivity contribution < 1.29 is 4.74 Å². The first-order chi connectivity index (χ1) is 7.40. The van der Waals surface area contributed by atoms with Gasteiger partial charge in [-0.15, -0.1) is 0 Å². The fourth-order valence-electron chi connectivity index (χ4n) is 1.56. The minimum atomic E-state index is 0.736. The Labute approximate surface area is 90.3 Å². The second-order valence-electron chi connectivity index (χ2n) is 3.53. The quantitative estimate of drug-likeness (QED) is 0.736. The van der Waals surface area contributed by atoms with Crippen LogP contribution in [0.3, 0.4) is 0 Å². The van der Waals surface area contributed by atoms with Crippen LogP contribution in [-0.2, 0) is 4.74 Å². The van der Waals surface area contributed by atoms with E-state index in [1.54, 1.807) is 0 Å². The molecule has 2 rings (SSSR count). The third-order valence-corrected chi connectivity index (χ3v) is 2.30. The van der Waals surface area contributed by atoms with Gasteiger partial charge in [0.1, 0.15) is 5.76 Å². The zero-order chi connectivity index (χ0) is 10.5. The van der Waals surface area contributed by atoms with Crippen molar-refractivity contribution >= 4 is 5.90 Å². The highest BCUT2D eigenvalue weighted by atomic mass is 16.5. The highest BCUT2D eigenvalue weighted by molar-refractivity contribution is 5.95. The van der Waals surface area contributed by atoms with E-state index in [-0.39, 0.29) is 0 Å². The van der Waals surface area contributed by atoms with E-state index in [0.29, 0.717) is 0 Å². The van der Waals surface area contributed by atoms with E-state index in [1.807, 2.05) is 30.3 Å². The highest BCUT2D eigenvalue weighted by Crippen LogP contribution is 2.15. The molecular weight excluding hydrogens is 186 g/mol. The molecule has 1 aliphatic rings. The number of hydrogen-bond donors (Lipinski definition) is 0. The smallest absolute Gasteiger partial charge is 0.221 e. The van der Waals surface area contributed by atoms with Crippen LogP contribution in [0.5, 0.6) is 0 Å². The molecule has 0 saturated carbocycles. The monoisotopic (exact) mass is 201 g/mol. The van der Waals surface area contributed by atoms with Crippen LogP contribution in [0.1, 0.15) is 25.3 Å². The Bertz CT molecular complexity index is 379. The van der Waals surface area contributed by atoms with Crippen LogP contribution in [0, 0.1) is 0 Å². The first kappa shape index (κ1) is 9.97. The van der Waals surface area contributed by atoms with Crippen LogP contribution >= 0.6 is 0 Å². The van der Waals surface area contributed by atoms with Crippen molar-refractivity contribution in [2.45, 2.75) is 19.8 Å². The van der Waals surface area contributed by atoms with Gasteiger partial charge in [0.15, 0.2) is 0 Å². The van der Waals surface area contributed by atoms with Gasteiger partial charge in [-0.25, -0.2) is 4.99 Å². The number of benzene rings is 1. The summed E-state index contributed by atoms with van der Waals surface area (Å²) in [5.41, 5.74) is 1.05. The standard InChI is InChI=1S/C13H15NO/c1-2-6-12-9-10-14-13(15-12)11-7-4-3-5-8-11/h3-5,7-9H,2,6,10H2,1H3. The molecule has 2 nitrogen and oxygen atoms in total. The van der Waals surface area contributed by atoms with E-state index < -0.39 is 0 Å². The predicted molar refractivity (Wildman–Crippen MR) is 61.9 cm³/mol. The van der Waals surface area contributed by atoms with E-state index in [1.165, 1.54) is 0 Å². The van der Waals surface area contributed by atoms with Crippen LogP contribution in [0.15, 0.2) is 47.2 Å². The molecular formula is C13H15NO. The molecule has 0 saturated heterocycles. The number of allylic oxidation sites excluding steroid dienone is 1. The van der Waals surface area contributed by atoms with E-state index >= 15 is 0 Å². The van der Waals surface area contributed by atoms with Crippen molar-refractivity contribution in [2.75, 3.05) is 6.54 Å². The third-order valence-electron chi connectivity index (χ3n) is 2.30. The molecule has 1 aromatic rings. The summed E-state index contributed by atoms with van der Waals surface area (Å²) in [7, 11) is 0. The summed E-state index contributed by atoms with van der Waals surface area (Å²) < 4.78 is 5.72. The SMILES string of the molecule is CCCC1=CCN=C(c2ccccc2)O1. The average molecular weight is 201 g/mol. The van der Waals surface area contributed by atoms with E-state index in [2.05, 4.69) is 18.0 Å². The maximum atomic E-state index is 5.72. The summed E-state index contributed by atoms with van der Waals surface area (Å²) in [5.74, 6) is 1.80. The van der Waals surface area contributed by atoms with Gasteiger partial charge >= 0.3 is 0 Å². The molecule has 78 valence electrons. The average Bonchev–Trinajstić information content (AvgIpc) is 2.31. The summed E-state index contributed by atoms with van der Waals surface area (Å²) in [6.07, 6.45) is 4.15. The van der Waals surface area contributed by atoms with Crippen LogP contribution in [0.4, 0.5) is 0 Å². The zero-order valence-electron chi connectivity index (χ0n) is 8.94. The lowest BCUT2D eigenvalue weighted by Crippen LogP contribution is -2.11. The second kappa shape index (κ2) is 4.78. The van der Waals surface area contributed by atoms with Crippen molar-refractivity contribution in [3.63, 3.8) is 0 Å². The van der Waals surface area contributed by atoms with E-state index in [9.17, 15) is 0 Å². The van der Waals surface area contributed by atoms with Gasteiger partial charge in [0.05, 0.1) is 6.54 Å². The first-order valence-corrected chi connectivity index (χ1v) is 5.37. The Morgan fingerprint density at radius 2 is 2.07 bits per heavy atom. The van der Waals surface area contributed by atoms with Gasteiger partial charge in [-0.3, -0.25) is 0 Å². The molecule has 0 bridgehead atoms. The topological polar surface area (TPSA) is 21.6 Å². The first-order valence-electron chi connectivity index (χ1n) is 5.37. The molecule has 0 unspecified atom stereocenters. The molecule has 1 aliphatic heterocycles. The number of aliphatic imine (C=N–C) groups is 1. The van der Waals surface area contributed by atoms with Crippen molar-refractivity contribution in [3.8, 4) is 0 Å². The van der Waals surface area contributed by atoms with E-state index in [4.69, 9.17) is 4.74 Å². The van der Waals surface area contributed by atoms with Crippen molar-refractivity contribution in [1.82, 2.24) is 0 Å². The molecule has 0 aliphatic carbocycles. The maximum absolute atomic E-state index is 5.72. The Balaban J connectivity index is 2.10. The fraction of sp³-hybridized carbons (Fsp3) is 0.308. The molecule has 1 heterocycles. The number of nitrogens with zero attached hydrogens (tertiary/aromatic N) is 1. The molecule has 1 aromatic carbocycles. The lowest BCUT2D eigenvalue weighted by molar-refractivity contribution is 0.381. The van der Waals surface area contributed by atoms with Crippen molar-refractivity contribution in [1.29, 1.82) is 0 Å². The lowest BCUT2D eigenvalue weighted by atomic mass is 10.2. The Morgan fingerprint density at radius 1 is 1.27 bits per heavy atom. The molecule has 0 atom stereocenters. The summed E-state index contributed by atoms with van der Waals surface area (Å²) in [6.45, 7) is 2.89. The third kappa shape index (κ3) is 2.46. The Kier molecular flexibility index (Phi) is 3.18. The summed E-state index contributed by atoms with van der Waals surface area (Å²) >= 11 is 0. The van der Waals surface area contributed by atoms with Gasteiger partial charge in [0.25, 0.3) is 0 Å².